The standard InChI is InChI=1S/C6H11N2/c1-2-3-6-7-4-5-8-6/h1-5H2,(H,7,8). The van der Waals surface area contributed by atoms with Crippen LogP contribution in [0.25, 0.3) is 0 Å². The number of nitrogens with one attached hydrogen (secondary N) is 1. The van der Waals surface area contributed by atoms with Gasteiger partial charge in [-0.2, -0.15) is 0 Å². The van der Waals surface area contributed by atoms with E-state index in [0.29, 0.717) is 0 Å². The van der Waals surface area contributed by atoms with Crippen molar-refractivity contribution in [1.29, 1.82) is 0 Å². The Labute approximate surface area is 50.0 Å². The predicted octanol–water partition coefficient (Wildman–Crippen LogP) is 0.602. The highest BCUT2D eigenvalue weighted by Gasteiger charge is 2.00. The average Bonchev–Trinajstić information content (AvgIpc) is 2.19. The molecule has 1 aliphatic heterocycles. The van der Waals surface area contributed by atoms with Gasteiger partial charge >= 0.3 is 0 Å². The van der Waals surface area contributed by atoms with Gasteiger partial charge in [-0.25, -0.2) is 0 Å². The van der Waals surface area contributed by atoms with Gasteiger partial charge in [-0.1, -0.05) is 6.92 Å². The maximum Gasteiger partial charge on any atom is 0.0964 e. The molecule has 1 radical (unpaired) electrons. The minimum atomic E-state index is 0.950. The number of aliphatic imine (C=N–C) groups is 1. The molecule has 0 bridgehead atoms. The molecule has 1 N–H and O–H groups in total. The topological polar surface area (TPSA) is 24.4 Å². The first-order chi connectivity index (χ1) is 3.93. The predicted molar refractivity (Wildman–Crippen MR) is 34.9 cm³/mol. The fraction of sp³-hybridized carbons (Fsp3) is 0.667. The molecule has 0 fully saturated rings. The second-order valence-corrected chi connectivity index (χ2v) is 1.86. The van der Waals surface area contributed by atoms with Crippen molar-refractivity contribution in [2.45, 2.75) is 12.8 Å². The van der Waals surface area contributed by atoms with Crippen LogP contribution in [-0.4, -0.2) is 18.9 Å². The van der Waals surface area contributed by atoms with Gasteiger partial charge in [0.25, 0.3) is 0 Å². The average molecular weight is 111 g/mol. The Hall–Kier alpha value is -0.530. The fourth-order valence-corrected chi connectivity index (χ4v) is 0.782. The normalized spacial score (nSPS) is 17.9. The maximum atomic E-state index is 4.19. The van der Waals surface area contributed by atoms with Gasteiger partial charge in [0.1, 0.15) is 0 Å². The zero-order valence-corrected chi connectivity index (χ0v) is 4.98. The van der Waals surface area contributed by atoms with E-state index in [-0.39, 0.29) is 0 Å². The highest BCUT2D eigenvalue weighted by Crippen LogP contribution is 1.92. The molecule has 0 saturated carbocycles. The summed E-state index contributed by atoms with van der Waals surface area (Å²) < 4.78 is 0. The van der Waals surface area contributed by atoms with Gasteiger partial charge in [0.15, 0.2) is 0 Å². The lowest BCUT2D eigenvalue weighted by Crippen LogP contribution is -2.17. The molecule has 0 atom stereocenters. The summed E-state index contributed by atoms with van der Waals surface area (Å²) in [5.74, 6) is 1.14. The summed E-state index contributed by atoms with van der Waals surface area (Å²) in [5, 5.41) is 3.17. The van der Waals surface area contributed by atoms with Crippen LogP contribution in [0.5, 0.6) is 0 Å². The van der Waals surface area contributed by atoms with Crippen LogP contribution in [-0.2, 0) is 0 Å². The highest BCUT2D eigenvalue weighted by atomic mass is 15.1. The molecule has 0 amide bonds. The van der Waals surface area contributed by atoms with E-state index >= 15 is 0 Å². The molecule has 45 valence electrons. The zero-order chi connectivity index (χ0) is 5.82. The lowest BCUT2D eigenvalue weighted by atomic mass is 10.3. The lowest BCUT2D eigenvalue weighted by molar-refractivity contribution is 0.941. The molecule has 0 aromatic heterocycles. The fourth-order valence-electron chi connectivity index (χ4n) is 0.782. The molecule has 1 heterocycles. The smallest absolute Gasteiger partial charge is 0.0964 e. The van der Waals surface area contributed by atoms with Crippen molar-refractivity contribution in [3.8, 4) is 0 Å². The summed E-state index contributed by atoms with van der Waals surface area (Å²) in [7, 11) is 0. The number of amidine groups is 1. The number of hydrogen-bond donors (Lipinski definition) is 1. The van der Waals surface area contributed by atoms with Crippen LogP contribution in [0, 0.1) is 6.92 Å². The summed E-state index contributed by atoms with van der Waals surface area (Å²) in [6, 6.07) is 0. The quantitative estimate of drug-likeness (QED) is 0.554. The third-order valence-corrected chi connectivity index (χ3v) is 1.16. The van der Waals surface area contributed by atoms with Gasteiger partial charge in [-0.05, 0) is 6.42 Å². The van der Waals surface area contributed by atoms with E-state index in [0.717, 1.165) is 31.8 Å². The molecular weight excluding hydrogens is 100 g/mol. The monoisotopic (exact) mass is 111 g/mol. The van der Waals surface area contributed by atoms with Crippen LogP contribution in [0.2, 0.25) is 0 Å². The summed E-state index contributed by atoms with van der Waals surface area (Å²) in [4.78, 5) is 4.19. The van der Waals surface area contributed by atoms with Gasteiger partial charge < -0.3 is 5.32 Å². The molecule has 2 nitrogen and oxygen atoms in total. The van der Waals surface area contributed by atoms with E-state index in [1.807, 2.05) is 0 Å². The van der Waals surface area contributed by atoms with E-state index in [1.165, 1.54) is 0 Å². The molecular formula is C6H11N2. The second kappa shape index (κ2) is 2.70. The minimum Gasteiger partial charge on any atom is -0.372 e. The Kier molecular flexibility index (Phi) is 1.89. The van der Waals surface area contributed by atoms with Gasteiger partial charge in [0.2, 0.25) is 0 Å². The Balaban J connectivity index is 2.23. The lowest BCUT2D eigenvalue weighted by Gasteiger charge is -1.95. The summed E-state index contributed by atoms with van der Waals surface area (Å²) in [6.45, 7) is 5.71. The van der Waals surface area contributed by atoms with Crippen molar-refractivity contribution in [3.05, 3.63) is 6.92 Å². The SMILES string of the molecule is [CH2]CCC1=NCCN1. The summed E-state index contributed by atoms with van der Waals surface area (Å²) in [6.07, 6.45) is 1.96. The molecule has 0 unspecified atom stereocenters. The third-order valence-electron chi connectivity index (χ3n) is 1.16. The van der Waals surface area contributed by atoms with Gasteiger partial charge in [0.05, 0.1) is 12.4 Å². The summed E-state index contributed by atoms with van der Waals surface area (Å²) in [5.41, 5.74) is 0. The molecule has 0 spiro atoms. The summed E-state index contributed by atoms with van der Waals surface area (Å²) >= 11 is 0. The van der Waals surface area contributed by atoms with Crippen molar-refractivity contribution < 1.29 is 0 Å². The van der Waals surface area contributed by atoms with E-state index < -0.39 is 0 Å². The molecule has 0 aliphatic carbocycles. The third kappa shape index (κ3) is 1.22. The molecule has 1 rings (SSSR count). The number of rotatable bonds is 2. The Morgan fingerprint density at radius 1 is 1.75 bits per heavy atom. The molecule has 8 heavy (non-hydrogen) atoms. The first-order valence-corrected chi connectivity index (χ1v) is 3.00. The van der Waals surface area contributed by atoms with Crippen molar-refractivity contribution >= 4 is 5.84 Å². The van der Waals surface area contributed by atoms with E-state index in [2.05, 4.69) is 17.2 Å². The van der Waals surface area contributed by atoms with Crippen LogP contribution < -0.4 is 5.32 Å². The first-order valence-electron chi connectivity index (χ1n) is 3.00. The first kappa shape index (κ1) is 5.60. The Morgan fingerprint density at radius 3 is 3.12 bits per heavy atom. The second-order valence-electron chi connectivity index (χ2n) is 1.86. The largest absolute Gasteiger partial charge is 0.372 e. The van der Waals surface area contributed by atoms with E-state index in [4.69, 9.17) is 0 Å². The van der Waals surface area contributed by atoms with Crippen molar-refractivity contribution in [1.82, 2.24) is 5.32 Å². The highest BCUT2D eigenvalue weighted by molar-refractivity contribution is 5.83. The van der Waals surface area contributed by atoms with Crippen molar-refractivity contribution in [3.63, 3.8) is 0 Å². The van der Waals surface area contributed by atoms with E-state index in [1.54, 1.807) is 0 Å². The molecule has 0 aromatic rings. The minimum absolute atomic E-state index is 0.950. The molecule has 0 aromatic carbocycles. The molecule has 0 saturated heterocycles. The van der Waals surface area contributed by atoms with Crippen LogP contribution in [0.1, 0.15) is 12.8 Å². The van der Waals surface area contributed by atoms with Crippen molar-refractivity contribution in [2.24, 2.45) is 4.99 Å². The Bertz CT molecular complexity index is 96.7. The zero-order valence-electron chi connectivity index (χ0n) is 4.98. The van der Waals surface area contributed by atoms with Crippen LogP contribution in [0.15, 0.2) is 4.99 Å². The van der Waals surface area contributed by atoms with Crippen molar-refractivity contribution in [2.75, 3.05) is 13.1 Å². The maximum absolute atomic E-state index is 4.19. The van der Waals surface area contributed by atoms with Crippen LogP contribution in [0.4, 0.5) is 0 Å². The van der Waals surface area contributed by atoms with Crippen LogP contribution in [0.3, 0.4) is 0 Å². The number of hydrogen-bond acceptors (Lipinski definition) is 2. The number of nitrogens with zero attached hydrogens (tertiary/aromatic N) is 1. The van der Waals surface area contributed by atoms with E-state index in [9.17, 15) is 0 Å². The van der Waals surface area contributed by atoms with Gasteiger partial charge in [-0.3, -0.25) is 4.99 Å². The van der Waals surface area contributed by atoms with Crippen LogP contribution >= 0.6 is 0 Å². The molecule has 1 aliphatic rings. The molecule has 2 heteroatoms. The van der Waals surface area contributed by atoms with Gasteiger partial charge in [-0.15, -0.1) is 0 Å². The Morgan fingerprint density at radius 2 is 2.62 bits per heavy atom. The van der Waals surface area contributed by atoms with Gasteiger partial charge in [0, 0.05) is 13.0 Å².